The first-order valence-corrected chi connectivity index (χ1v) is 9.73. The molecule has 0 spiro atoms. The fourth-order valence-electron chi connectivity index (χ4n) is 4.11. The summed E-state index contributed by atoms with van der Waals surface area (Å²) in [4.78, 5) is 17.0. The van der Waals surface area contributed by atoms with Gasteiger partial charge in [-0.25, -0.2) is 4.39 Å². The molecule has 6 heteroatoms. The Hall–Kier alpha value is -2.21. The third kappa shape index (κ3) is 4.56. The van der Waals surface area contributed by atoms with Gasteiger partial charge in [0.25, 0.3) is 0 Å². The molecule has 1 aliphatic rings. The molecule has 0 saturated carbocycles. The summed E-state index contributed by atoms with van der Waals surface area (Å²) in [5.74, 6) is -0.127. The Bertz CT molecular complexity index is 775. The van der Waals surface area contributed by atoms with Crippen molar-refractivity contribution in [1.82, 2.24) is 19.6 Å². The average Bonchev–Trinajstić information content (AvgIpc) is 3.07. The van der Waals surface area contributed by atoms with Crippen LogP contribution in [0.3, 0.4) is 0 Å². The van der Waals surface area contributed by atoms with Gasteiger partial charge in [0, 0.05) is 31.4 Å². The predicted octanol–water partition coefficient (Wildman–Crippen LogP) is 3.37. The molecule has 0 bridgehead atoms. The third-order valence-corrected chi connectivity index (χ3v) is 5.45. The van der Waals surface area contributed by atoms with Crippen molar-refractivity contribution in [2.24, 2.45) is 7.05 Å². The van der Waals surface area contributed by atoms with E-state index >= 15 is 0 Å². The van der Waals surface area contributed by atoms with Crippen LogP contribution in [0.2, 0.25) is 0 Å². The fraction of sp³-hybridized carbons (Fsp3) is 0.524. The molecule has 0 unspecified atom stereocenters. The van der Waals surface area contributed by atoms with Crippen LogP contribution in [0.1, 0.15) is 49.8 Å². The van der Waals surface area contributed by atoms with Crippen LogP contribution < -0.4 is 0 Å². The highest BCUT2D eigenvalue weighted by Crippen LogP contribution is 2.28. The van der Waals surface area contributed by atoms with Gasteiger partial charge in [-0.05, 0) is 50.4 Å². The van der Waals surface area contributed by atoms with Crippen molar-refractivity contribution in [1.29, 1.82) is 0 Å². The van der Waals surface area contributed by atoms with Gasteiger partial charge in [-0.2, -0.15) is 5.10 Å². The second-order valence-electron chi connectivity index (χ2n) is 7.46. The van der Waals surface area contributed by atoms with Crippen molar-refractivity contribution in [3.63, 3.8) is 0 Å². The number of nitrogens with zero attached hydrogens (tertiary/aromatic N) is 4. The van der Waals surface area contributed by atoms with Gasteiger partial charge in [-0.3, -0.25) is 14.4 Å². The number of benzene rings is 1. The molecule has 3 rings (SSSR count). The predicted molar refractivity (Wildman–Crippen MR) is 104 cm³/mol. The van der Waals surface area contributed by atoms with E-state index in [9.17, 15) is 9.18 Å². The van der Waals surface area contributed by atoms with Crippen molar-refractivity contribution in [3.05, 3.63) is 53.6 Å². The van der Waals surface area contributed by atoms with Gasteiger partial charge in [0.1, 0.15) is 5.82 Å². The first-order chi connectivity index (χ1) is 13.0. The van der Waals surface area contributed by atoms with Crippen molar-refractivity contribution < 1.29 is 9.18 Å². The molecule has 1 aromatic heterocycles. The quantitative estimate of drug-likeness (QED) is 0.781. The molecule has 0 radical (unpaired) electrons. The average molecular weight is 372 g/mol. The lowest BCUT2D eigenvalue weighted by atomic mass is 9.98. The van der Waals surface area contributed by atoms with Crippen LogP contribution in [0, 0.1) is 5.82 Å². The minimum atomic E-state index is -0.275. The lowest BCUT2D eigenvalue weighted by Crippen LogP contribution is -2.47. The molecular weight excluding hydrogens is 343 g/mol. The van der Waals surface area contributed by atoms with Gasteiger partial charge in [0.15, 0.2) is 0 Å². The smallest absolute Gasteiger partial charge is 0.237 e. The molecule has 1 aliphatic heterocycles. The second kappa shape index (κ2) is 8.65. The molecular formula is C21H29FN4O. The Morgan fingerprint density at radius 2 is 2.19 bits per heavy atom. The molecule has 5 nitrogen and oxygen atoms in total. The second-order valence-corrected chi connectivity index (χ2v) is 7.46. The van der Waals surface area contributed by atoms with Gasteiger partial charge in [-0.15, -0.1) is 0 Å². The summed E-state index contributed by atoms with van der Waals surface area (Å²) in [6.45, 7) is 3.28. The lowest BCUT2D eigenvalue weighted by Gasteiger charge is -2.37. The first-order valence-electron chi connectivity index (χ1n) is 9.73. The van der Waals surface area contributed by atoms with Crippen LogP contribution in [0.5, 0.6) is 0 Å². The van der Waals surface area contributed by atoms with Crippen LogP contribution in [0.4, 0.5) is 4.39 Å². The molecule has 1 fully saturated rings. The van der Waals surface area contributed by atoms with Gasteiger partial charge in [0.05, 0.1) is 18.8 Å². The van der Waals surface area contributed by atoms with Crippen molar-refractivity contribution in [2.75, 3.05) is 20.1 Å². The van der Waals surface area contributed by atoms with Crippen LogP contribution in [-0.2, 0) is 11.8 Å². The Kier molecular flexibility index (Phi) is 6.26. The first kappa shape index (κ1) is 19.5. The zero-order chi connectivity index (χ0) is 19.4. The highest BCUT2D eigenvalue weighted by molar-refractivity contribution is 5.78. The molecule has 0 aliphatic carbocycles. The molecule has 1 aromatic carbocycles. The largest absolute Gasteiger partial charge is 0.339 e. The third-order valence-electron chi connectivity index (χ3n) is 5.45. The van der Waals surface area contributed by atoms with Crippen LogP contribution >= 0.6 is 0 Å². The number of likely N-dealkylation sites (N-methyl/N-ethyl adjacent to an activating group) is 1. The van der Waals surface area contributed by atoms with E-state index in [-0.39, 0.29) is 17.8 Å². The lowest BCUT2D eigenvalue weighted by molar-refractivity contribution is -0.136. The number of hydrogen-bond donors (Lipinski definition) is 0. The Morgan fingerprint density at radius 1 is 1.37 bits per heavy atom. The zero-order valence-electron chi connectivity index (χ0n) is 16.4. The monoisotopic (exact) mass is 372 g/mol. The van der Waals surface area contributed by atoms with Gasteiger partial charge in [0.2, 0.25) is 5.91 Å². The summed E-state index contributed by atoms with van der Waals surface area (Å²) in [6, 6.07) is 6.70. The summed E-state index contributed by atoms with van der Waals surface area (Å²) in [7, 11) is 3.78. The normalized spacial score (nSPS) is 18.7. The fourth-order valence-corrected chi connectivity index (χ4v) is 4.11. The number of amides is 1. The Morgan fingerprint density at radius 3 is 2.85 bits per heavy atom. The molecule has 2 atom stereocenters. The summed E-state index contributed by atoms with van der Waals surface area (Å²) in [5.41, 5.74) is 1.77. The van der Waals surface area contributed by atoms with Crippen molar-refractivity contribution in [3.8, 4) is 0 Å². The number of carbonyl (C=O) groups is 1. The summed E-state index contributed by atoms with van der Waals surface area (Å²) in [6.07, 6.45) is 8.05. The molecule has 2 aromatic rings. The number of carbonyl (C=O) groups excluding carboxylic acids is 1. The topological polar surface area (TPSA) is 41.4 Å². The minimum absolute atomic E-state index is 0.148. The molecule has 27 heavy (non-hydrogen) atoms. The molecule has 2 heterocycles. The zero-order valence-corrected chi connectivity index (χ0v) is 16.4. The minimum Gasteiger partial charge on any atom is -0.339 e. The SMILES string of the molecule is CC[C@H]1CCCCN1C(=O)CN(C)[C@H](c1cccc(F)c1)c1cnn(C)c1. The molecule has 1 amide bonds. The number of likely N-dealkylation sites (tertiary alicyclic amines) is 1. The summed E-state index contributed by atoms with van der Waals surface area (Å²) < 4.78 is 15.6. The van der Waals surface area contributed by atoms with Crippen LogP contribution in [0.15, 0.2) is 36.7 Å². The van der Waals surface area contributed by atoms with Gasteiger partial charge < -0.3 is 4.90 Å². The van der Waals surface area contributed by atoms with E-state index in [4.69, 9.17) is 0 Å². The maximum atomic E-state index is 13.8. The van der Waals surface area contributed by atoms with Crippen LogP contribution in [0.25, 0.3) is 0 Å². The van der Waals surface area contributed by atoms with Crippen molar-refractivity contribution in [2.45, 2.75) is 44.7 Å². The number of piperidine rings is 1. The molecule has 146 valence electrons. The van der Waals surface area contributed by atoms with Crippen LogP contribution in [-0.4, -0.2) is 51.7 Å². The highest BCUT2D eigenvalue weighted by atomic mass is 19.1. The van der Waals surface area contributed by atoms with E-state index in [0.717, 1.165) is 36.9 Å². The highest BCUT2D eigenvalue weighted by Gasteiger charge is 2.29. The molecule has 1 saturated heterocycles. The standard InChI is InChI=1S/C21H29FN4O/c1-4-19-10-5-6-11-26(19)20(27)15-24(2)21(17-13-23-25(3)14-17)16-8-7-9-18(22)12-16/h7-9,12-14,19,21H,4-6,10-11,15H2,1-3H3/t19-,21+/m0/s1. The number of aryl methyl sites for hydroxylation is 1. The van der Waals surface area contributed by atoms with E-state index in [1.165, 1.54) is 18.6 Å². The maximum Gasteiger partial charge on any atom is 0.237 e. The van der Waals surface area contributed by atoms with Gasteiger partial charge in [-0.1, -0.05) is 19.1 Å². The van der Waals surface area contributed by atoms with E-state index in [2.05, 4.69) is 12.0 Å². The Labute approximate surface area is 160 Å². The van der Waals surface area contributed by atoms with E-state index in [1.807, 2.05) is 36.2 Å². The number of hydrogen-bond acceptors (Lipinski definition) is 3. The maximum absolute atomic E-state index is 13.8. The number of halogens is 1. The summed E-state index contributed by atoms with van der Waals surface area (Å²) >= 11 is 0. The van der Waals surface area contributed by atoms with Crippen molar-refractivity contribution >= 4 is 5.91 Å². The van der Waals surface area contributed by atoms with E-state index in [0.29, 0.717) is 12.6 Å². The number of aromatic nitrogens is 2. The summed E-state index contributed by atoms with van der Waals surface area (Å²) in [5, 5.41) is 4.26. The van der Waals surface area contributed by atoms with E-state index < -0.39 is 0 Å². The Balaban J connectivity index is 1.82. The number of rotatable bonds is 6. The molecule has 0 N–H and O–H groups in total. The van der Waals surface area contributed by atoms with E-state index in [1.54, 1.807) is 16.9 Å². The van der Waals surface area contributed by atoms with Gasteiger partial charge >= 0.3 is 0 Å².